The Morgan fingerprint density at radius 1 is 1.47 bits per heavy atom. The summed E-state index contributed by atoms with van der Waals surface area (Å²) >= 11 is 3.06. The number of carboxylic acid groups (broad SMARTS) is 1. The molecule has 1 aliphatic carbocycles. The second kappa shape index (κ2) is 4.45. The van der Waals surface area contributed by atoms with Crippen molar-refractivity contribution in [3.8, 4) is 11.5 Å². The number of halogens is 2. The number of carboxylic acids is 1. The number of nitrogens with zero attached hydrogens (tertiary/aromatic N) is 1. The lowest BCUT2D eigenvalue weighted by Crippen LogP contribution is -1.98. The van der Waals surface area contributed by atoms with Crippen molar-refractivity contribution in [3.05, 3.63) is 39.9 Å². The van der Waals surface area contributed by atoms with Crippen LogP contribution in [0.25, 0.3) is 11.5 Å². The smallest absolute Gasteiger partial charge is 0.373 e. The maximum atomic E-state index is 13.5. The van der Waals surface area contributed by atoms with Crippen LogP contribution in [0.5, 0.6) is 0 Å². The van der Waals surface area contributed by atoms with Gasteiger partial charge in [-0.05, 0) is 47.0 Å². The molecule has 0 saturated heterocycles. The third-order valence-corrected chi connectivity index (χ3v) is 3.62. The minimum absolute atomic E-state index is 0.138. The van der Waals surface area contributed by atoms with Crippen molar-refractivity contribution in [3.63, 3.8) is 0 Å². The van der Waals surface area contributed by atoms with Crippen LogP contribution in [-0.2, 0) is 0 Å². The first kappa shape index (κ1) is 12.3. The summed E-state index contributed by atoms with van der Waals surface area (Å²) in [4.78, 5) is 15.3. The van der Waals surface area contributed by atoms with Gasteiger partial charge in [0.2, 0.25) is 11.7 Å². The van der Waals surface area contributed by atoms with Crippen molar-refractivity contribution in [2.75, 3.05) is 0 Å². The number of benzene rings is 1. The number of oxazole rings is 1. The molecule has 1 N–H and O–H groups in total. The molecule has 1 aliphatic rings. The second-order valence-electron chi connectivity index (χ2n) is 4.44. The number of rotatable bonds is 3. The zero-order valence-electron chi connectivity index (χ0n) is 9.69. The summed E-state index contributed by atoms with van der Waals surface area (Å²) in [5, 5.41) is 9.09. The van der Waals surface area contributed by atoms with Crippen LogP contribution in [0.4, 0.5) is 4.39 Å². The Morgan fingerprint density at radius 3 is 2.79 bits per heavy atom. The number of aromatic nitrogens is 1. The maximum Gasteiger partial charge on any atom is 0.373 e. The Kier molecular flexibility index (Phi) is 2.89. The minimum atomic E-state index is -1.14. The summed E-state index contributed by atoms with van der Waals surface area (Å²) in [5.41, 5.74) is 0.890. The van der Waals surface area contributed by atoms with Crippen LogP contribution in [0.3, 0.4) is 0 Å². The lowest BCUT2D eigenvalue weighted by atomic mass is 10.2. The predicted octanol–water partition coefficient (Wildman–Crippen LogP) is 3.82. The SMILES string of the molecule is O=C(O)c1oc(-c2ccc(Br)c(F)c2)nc1C1CC1. The molecule has 0 radical (unpaired) electrons. The molecule has 0 unspecified atom stereocenters. The maximum absolute atomic E-state index is 13.5. The molecular formula is C13H9BrFNO3. The van der Waals surface area contributed by atoms with Gasteiger partial charge >= 0.3 is 5.97 Å². The first-order valence-corrected chi connectivity index (χ1v) is 6.55. The van der Waals surface area contributed by atoms with Crippen molar-refractivity contribution in [2.24, 2.45) is 0 Å². The van der Waals surface area contributed by atoms with Gasteiger partial charge in [-0.15, -0.1) is 0 Å². The van der Waals surface area contributed by atoms with E-state index in [1.165, 1.54) is 12.1 Å². The predicted molar refractivity (Wildman–Crippen MR) is 68.5 cm³/mol. The quantitative estimate of drug-likeness (QED) is 0.931. The standard InChI is InChI=1S/C13H9BrFNO3/c14-8-4-3-7(5-9(8)15)12-16-10(6-1-2-6)11(19-12)13(17)18/h3-6H,1-2H2,(H,17,18). The van der Waals surface area contributed by atoms with Crippen LogP contribution in [0.2, 0.25) is 0 Å². The van der Waals surface area contributed by atoms with Crippen molar-refractivity contribution in [1.29, 1.82) is 0 Å². The summed E-state index contributed by atoms with van der Waals surface area (Å²) in [6.07, 6.45) is 1.84. The van der Waals surface area contributed by atoms with Crippen LogP contribution < -0.4 is 0 Å². The van der Waals surface area contributed by atoms with E-state index in [9.17, 15) is 9.18 Å². The van der Waals surface area contributed by atoms with E-state index in [1.54, 1.807) is 6.07 Å². The molecule has 4 nitrogen and oxygen atoms in total. The van der Waals surface area contributed by atoms with Crippen LogP contribution in [0.1, 0.15) is 35.0 Å². The fraction of sp³-hybridized carbons (Fsp3) is 0.231. The number of carbonyl (C=O) groups is 1. The topological polar surface area (TPSA) is 63.3 Å². The molecule has 6 heteroatoms. The highest BCUT2D eigenvalue weighted by atomic mass is 79.9. The van der Waals surface area contributed by atoms with Gasteiger partial charge in [-0.25, -0.2) is 14.2 Å². The first-order chi connectivity index (χ1) is 9.06. The molecule has 3 rings (SSSR count). The van der Waals surface area contributed by atoms with Gasteiger partial charge in [0.15, 0.2) is 0 Å². The Bertz CT molecular complexity index is 664. The third-order valence-electron chi connectivity index (χ3n) is 2.98. The lowest BCUT2D eigenvalue weighted by Gasteiger charge is -1.97. The zero-order valence-corrected chi connectivity index (χ0v) is 11.3. The van der Waals surface area contributed by atoms with E-state index in [4.69, 9.17) is 9.52 Å². The molecule has 1 saturated carbocycles. The molecule has 0 spiro atoms. The van der Waals surface area contributed by atoms with Crippen molar-refractivity contribution in [1.82, 2.24) is 4.98 Å². The average molecular weight is 326 g/mol. The summed E-state index contributed by atoms with van der Waals surface area (Å²) < 4.78 is 19.1. The zero-order chi connectivity index (χ0) is 13.6. The highest BCUT2D eigenvalue weighted by molar-refractivity contribution is 9.10. The minimum Gasteiger partial charge on any atom is -0.475 e. The third kappa shape index (κ3) is 2.28. The van der Waals surface area contributed by atoms with E-state index >= 15 is 0 Å². The van der Waals surface area contributed by atoms with E-state index in [0.29, 0.717) is 15.7 Å². The van der Waals surface area contributed by atoms with Crippen molar-refractivity contribution >= 4 is 21.9 Å². The molecule has 98 valence electrons. The normalized spacial score (nSPS) is 14.6. The number of hydrogen-bond donors (Lipinski definition) is 1. The molecule has 0 atom stereocenters. The summed E-state index contributed by atoms with van der Waals surface area (Å²) in [6, 6.07) is 4.42. The van der Waals surface area contributed by atoms with Gasteiger partial charge in [0, 0.05) is 11.5 Å². The van der Waals surface area contributed by atoms with E-state index in [1.807, 2.05) is 0 Å². The molecule has 1 fully saturated rings. The van der Waals surface area contributed by atoms with E-state index in [-0.39, 0.29) is 17.6 Å². The van der Waals surface area contributed by atoms with Crippen molar-refractivity contribution < 1.29 is 18.7 Å². The van der Waals surface area contributed by atoms with Crippen LogP contribution >= 0.6 is 15.9 Å². The van der Waals surface area contributed by atoms with Gasteiger partial charge in [-0.1, -0.05) is 0 Å². The van der Waals surface area contributed by atoms with Gasteiger partial charge < -0.3 is 9.52 Å². The summed E-state index contributed by atoms with van der Waals surface area (Å²) in [7, 11) is 0. The van der Waals surface area contributed by atoms with E-state index in [2.05, 4.69) is 20.9 Å². The summed E-state index contributed by atoms with van der Waals surface area (Å²) in [6.45, 7) is 0. The Labute approximate surface area is 116 Å². The van der Waals surface area contributed by atoms with Crippen LogP contribution in [0, 0.1) is 5.82 Å². The molecular weight excluding hydrogens is 317 g/mol. The molecule has 0 bridgehead atoms. The monoisotopic (exact) mass is 325 g/mol. The molecule has 1 aromatic heterocycles. The van der Waals surface area contributed by atoms with Gasteiger partial charge in [0.25, 0.3) is 0 Å². The molecule has 2 aromatic rings. The Hall–Kier alpha value is -1.69. The van der Waals surface area contributed by atoms with Gasteiger partial charge in [0.05, 0.1) is 10.2 Å². The molecule has 0 aliphatic heterocycles. The fourth-order valence-corrected chi connectivity index (χ4v) is 2.12. The van der Waals surface area contributed by atoms with Crippen LogP contribution in [-0.4, -0.2) is 16.1 Å². The largest absolute Gasteiger partial charge is 0.475 e. The molecule has 1 heterocycles. The highest BCUT2D eigenvalue weighted by Crippen LogP contribution is 2.42. The van der Waals surface area contributed by atoms with Crippen molar-refractivity contribution in [2.45, 2.75) is 18.8 Å². The Morgan fingerprint density at radius 2 is 2.21 bits per heavy atom. The molecule has 1 aromatic carbocycles. The lowest BCUT2D eigenvalue weighted by molar-refractivity contribution is 0.0661. The number of hydrogen-bond acceptors (Lipinski definition) is 3. The second-order valence-corrected chi connectivity index (χ2v) is 5.30. The van der Waals surface area contributed by atoms with E-state index in [0.717, 1.165) is 12.8 Å². The molecule has 19 heavy (non-hydrogen) atoms. The van der Waals surface area contributed by atoms with Gasteiger partial charge in [-0.2, -0.15) is 0 Å². The summed E-state index contributed by atoms with van der Waals surface area (Å²) in [5.74, 6) is -1.42. The number of aromatic carboxylic acids is 1. The first-order valence-electron chi connectivity index (χ1n) is 5.75. The van der Waals surface area contributed by atoms with Gasteiger partial charge in [-0.3, -0.25) is 0 Å². The Balaban J connectivity index is 2.07. The molecule has 0 amide bonds. The fourth-order valence-electron chi connectivity index (χ4n) is 1.87. The average Bonchev–Trinajstić information content (AvgIpc) is 3.11. The van der Waals surface area contributed by atoms with Crippen LogP contribution in [0.15, 0.2) is 27.1 Å². The van der Waals surface area contributed by atoms with Gasteiger partial charge in [0.1, 0.15) is 5.82 Å². The van der Waals surface area contributed by atoms with E-state index < -0.39 is 11.8 Å². The highest BCUT2D eigenvalue weighted by Gasteiger charge is 2.33.